The number of piperidine rings is 1. The van der Waals surface area contributed by atoms with Crippen molar-refractivity contribution in [1.82, 2.24) is 20.4 Å². The molecule has 2 aromatic heterocycles. The summed E-state index contributed by atoms with van der Waals surface area (Å²) in [6, 6.07) is 3.67. The molecular formula is C13H17ClN4O2. The third-order valence-corrected chi connectivity index (χ3v) is 3.33. The maximum atomic E-state index is 5.37. The molecule has 0 spiro atoms. The molecule has 0 aliphatic carbocycles. The van der Waals surface area contributed by atoms with Gasteiger partial charge in [0.1, 0.15) is 0 Å². The molecule has 1 saturated heterocycles. The van der Waals surface area contributed by atoms with Gasteiger partial charge in [0.2, 0.25) is 17.6 Å². The van der Waals surface area contributed by atoms with Crippen LogP contribution in [0.2, 0.25) is 0 Å². The van der Waals surface area contributed by atoms with E-state index in [1.54, 1.807) is 19.4 Å². The molecule has 1 N–H and O–H groups in total. The fourth-order valence-corrected chi connectivity index (χ4v) is 2.22. The van der Waals surface area contributed by atoms with Crippen molar-refractivity contribution in [2.45, 2.75) is 18.8 Å². The molecule has 1 fully saturated rings. The Labute approximate surface area is 123 Å². The van der Waals surface area contributed by atoms with Crippen LogP contribution >= 0.6 is 12.4 Å². The van der Waals surface area contributed by atoms with Crippen molar-refractivity contribution in [3.05, 3.63) is 24.2 Å². The van der Waals surface area contributed by atoms with Crippen LogP contribution in [0.1, 0.15) is 24.7 Å². The van der Waals surface area contributed by atoms with Gasteiger partial charge in [-0.1, -0.05) is 5.16 Å². The number of hydrogen-bond donors (Lipinski definition) is 1. The second kappa shape index (κ2) is 6.67. The van der Waals surface area contributed by atoms with E-state index in [2.05, 4.69) is 20.4 Å². The zero-order valence-corrected chi connectivity index (χ0v) is 12.0. The summed E-state index contributed by atoms with van der Waals surface area (Å²) in [5, 5.41) is 7.35. The minimum absolute atomic E-state index is 0. The third kappa shape index (κ3) is 3.08. The van der Waals surface area contributed by atoms with E-state index in [0.29, 0.717) is 17.6 Å². The zero-order valence-electron chi connectivity index (χ0n) is 11.2. The predicted octanol–water partition coefficient (Wildman–Crippen LogP) is 2.03. The van der Waals surface area contributed by atoms with Crippen molar-refractivity contribution in [3.63, 3.8) is 0 Å². The molecule has 3 heterocycles. The first-order chi connectivity index (χ1) is 9.36. The molecule has 0 radical (unpaired) electrons. The molecule has 0 aromatic carbocycles. The normalized spacial score (nSPS) is 15.7. The van der Waals surface area contributed by atoms with Crippen molar-refractivity contribution >= 4 is 12.4 Å². The fourth-order valence-electron chi connectivity index (χ4n) is 2.22. The lowest BCUT2D eigenvalue weighted by Crippen LogP contribution is -2.26. The first-order valence-corrected chi connectivity index (χ1v) is 6.41. The molecule has 0 atom stereocenters. The Kier molecular flexibility index (Phi) is 4.92. The van der Waals surface area contributed by atoms with Gasteiger partial charge >= 0.3 is 0 Å². The zero-order chi connectivity index (χ0) is 13.1. The van der Waals surface area contributed by atoms with Crippen LogP contribution in [0.5, 0.6) is 5.88 Å². The van der Waals surface area contributed by atoms with Crippen LogP contribution in [0.4, 0.5) is 0 Å². The topological polar surface area (TPSA) is 73.1 Å². The molecule has 1 aliphatic heterocycles. The number of nitrogens with one attached hydrogen (secondary N) is 1. The Hall–Kier alpha value is -1.66. The largest absolute Gasteiger partial charge is 0.481 e. The summed E-state index contributed by atoms with van der Waals surface area (Å²) in [6.07, 6.45) is 3.78. The molecule has 6 nitrogen and oxygen atoms in total. The Balaban J connectivity index is 0.00000147. The Morgan fingerprint density at radius 3 is 2.75 bits per heavy atom. The summed E-state index contributed by atoms with van der Waals surface area (Å²) in [5.74, 6) is 2.26. The highest BCUT2D eigenvalue weighted by Gasteiger charge is 2.21. The SMILES string of the molecule is COc1ccc(-c2noc(C3CCNCC3)n2)cn1.Cl. The minimum atomic E-state index is 0. The molecule has 0 unspecified atom stereocenters. The average Bonchev–Trinajstić information content (AvgIpc) is 2.98. The molecule has 0 amide bonds. The van der Waals surface area contributed by atoms with Gasteiger partial charge in [0, 0.05) is 23.7 Å². The van der Waals surface area contributed by atoms with E-state index in [9.17, 15) is 0 Å². The third-order valence-electron chi connectivity index (χ3n) is 3.33. The Morgan fingerprint density at radius 2 is 2.10 bits per heavy atom. The number of ether oxygens (including phenoxy) is 1. The molecule has 2 aromatic rings. The second-order valence-corrected chi connectivity index (χ2v) is 4.57. The van der Waals surface area contributed by atoms with Crippen LogP contribution < -0.4 is 10.1 Å². The minimum Gasteiger partial charge on any atom is -0.481 e. The number of methoxy groups -OCH3 is 1. The van der Waals surface area contributed by atoms with Crippen LogP contribution in [0.25, 0.3) is 11.4 Å². The highest BCUT2D eigenvalue weighted by atomic mass is 35.5. The summed E-state index contributed by atoms with van der Waals surface area (Å²) < 4.78 is 10.4. The smallest absolute Gasteiger partial charge is 0.230 e. The van der Waals surface area contributed by atoms with Crippen LogP contribution in [0.3, 0.4) is 0 Å². The van der Waals surface area contributed by atoms with Gasteiger partial charge in [0.15, 0.2) is 0 Å². The molecule has 1 aliphatic rings. The molecule has 3 rings (SSSR count). The highest BCUT2D eigenvalue weighted by Crippen LogP contribution is 2.26. The predicted molar refractivity (Wildman–Crippen MR) is 76.2 cm³/mol. The van der Waals surface area contributed by atoms with E-state index in [1.165, 1.54) is 0 Å². The van der Waals surface area contributed by atoms with Crippen molar-refractivity contribution in [2.24, 2.45) is 0 Å². The van der Waals surface area contributed by atoms with E-state index in [0.717, 1.165) is 37.4 Å². The first kappa shape index (κ1) is 14.7. The number of nitrogens with zero attached hydrogens (tertiary/aromatic N) is 3. The molecule has 0 bridgehead atoms. The molecular weight excluding hydrogens is 280 g/mol. The monoisotopic (exact) mass is 296 g/mol. The molecule has 0 saturated carbocycles. The summed E-state index contributed by atoms with van der Waals surface area (Å²) in [5.41, 5.74) is 0.838. The maximum absolute atomic E-state index is 5.37. The highest BCUT2D eigenvalue weighted by molar-refractivity contribution is 5.85. The van der Waals surface area contributed by atoms with Gasteiger partial charge in [0.05, 0.1) is 7.11 Å². The summed E-state index contributed by atoms with van der Waals surface area (Å²) in [4.78, 5) is 8.61. The summed E-state index contributed by atoms with van der Waals surface area (Å²) >= 11 is 0. The van der Waals surface area contributed by atoms with Gasteiger partial charge in [-0.25, -0.2) is 4.98 Å². The van der Waals surface area contributed by atoms with Crippen LogP contribution in [0, 0.1) is 0 Å². The van der Waals surface area contributed by atoms with Crippen LogP contribution in [0.15, 0.2) is 22.9 Å². The molecule has 7 heteroatoms. The Bertz CT molecular complexity index is 538. The second-order valence-electron chi connectivity index (χ2n) is 4.57. The van der Waals surface area contributed by atoms with E-state index in [-0.39, 0.29) is 12.4 Å². The van der Waals surface area contributed by atoms with Gasteiger partial charge in [0.25, 0.3) is 0 Å². The number of pyridine rings is 1. The fraction of sp³-hybridized carbons (Fsp3) is 0.462. The van der Waals surface area contributed by atoms with Gasteiger partial charge in [-0.3, -0.25) is 0 Å². The van der Waals surface area contributed by atoms with E-state index in [4.69, 9.17) is 9.26 Å². The first-order valence-electron chi connectivity index (χ1n) is 6.41. The summed E-state index contributed by atoms with van der Waals surface area (Å²) in [6.45, 7) is 2.01. The molecule has 108 valence electrons. The van der Waals surface area contributed by atoms with Crippen molar-refractivity contribution < 1.29 is 9.26 Å². The quantitative estimate of drug-likeness (QED) is 0.934. The number of aromatic nitrogens is 3. The van der Waals surface area contributed by atoms with E-state index >= 15 is 0 Å². The number of halogens is 1. The summed E-state index contributed by atoms with van der Waals surface area (Å²) in [7, 11) is 1.59. The Morgan fingerprint density at radius 1 is 1.30 bits per heavy atom. The maximum Gasteiger partial charge on any atom is 0.230 e. The van der Waals surface area contributed by atoms with Gasteiger partial charge < -0.3 is 14.6 Å². The average molecular weight is 297 g/mol. The van der Waals surface area contributed by atoms with Crippen molar-refractivity contribution in [3.8, 4) is 17.3 Å². The van der Waals surface area contributed by atoms with Crippen LogP contribution in [-0.4, -0.2) is 35.3 Å². The van der Waals surface area contributed by atoms with Crippen molar-refractivity contribution in [2.75, 3.05) is 20.2 Å². The number of hydrogen-bond acceptors (Lipinski definition) is 6. The molecule has 20 heavy (non-hydrogen) atoms. The van der Waals surface area contributed by atoms with E-state index < -0.39 is 0 Å². The van der Waals surface area contributed by atoms with Crippen molar-refractivity contribution in [1.29, 1.82) is 0 Å². The van der Waals surface area contributed by atoms with Gasteiger partial charge in [-0.15, -0.1) is 12.4 Å². The lowest BCUT2D eigenvalue weighted by Gasteiger charge is -2.18. The van der Waals surface area contributed by atoms with Crippen LogP contribution in [-0.2, 0) is 0 Å². The van der Waals surface area contributed by atoms with Gasteiger partial charge in [-0.05, 0) is 32.0 Å². The lowest BCUT2D eigenvalue weighted by molar-refractivity contribution is 0.320. The number of rotatable bonds is 3. The van der Waals surface area contributed by atoms with Gasteiger partial charge in [-0.2, -0.15) is 4.98 Å². The lowest BCUT2D eigenvalue weighted by atomic mass is 9.98. The standard InChI is InChI=1S/C13H16N4O2.ClH/c1-18-11-3-2-10(8-15-11)12-16-13(19-17-12)9-4-6-14-7-5-9;/h2-3,8-9,14H,4-7H2,1H3;1H. The van der Waals surface area contributed by atoms with E-state index in [1.807, 2.05) is 6.07 Å².